The molecule has 0 bridgehead atoms. The summed E-state index contributed by atoms with van der Waals surface area (Å²) in [5, 5.41) is 0.830. The number of aryl methyl sites for hydroxylation is 1. The van der Waals surface area contributed by atoms with E-state index in [1.807, 2.05) is 61.4 Å². The molecule has 4 heteroatoms. The monoisotopic (exact) mass is 368 g/mol. The Kier molecular flexibility index (Phi) is 6.10. The molecule has 0 spiro atoms. The van der Waals surface area contributed by atoms with Crippen LogP contribution in [0.3, 0.4) is 0 Å². The second-order valence-corrected chi connectivity index (χ2v) is 7.28. The first-order valence-corrected chi connectivity index (χ1v) is 9.63. The minimum atomic E-state index is 0.132. The van der Waals surface area contributed by atoms with Crippen LogP contribution in [-0.4, -0.2) is 28.9 Å². The highest BCUT2D eigenvalue weighted by atomic mass is 35.5. The molecule has 1 aromatic carbocycles. The summed E-state index contributed by atoms with van der Waals surface area (Å²) >= 11 is 6.33. The predicted octanol–water partition coefficient (Wildman–Crippen LogP) is 5.24. The third-order valence-corrected chi connectivity index (χ3v) is 5.38. The van der Waals surface area contributed by atoms with Crippen molar-refractivity contribution in [1.29, 1.82) is 0 Å². The molecule has 1 amide bonds. The molecule has 1 aromatic heterocycles. The molecule has 1 fully saturated rings. The van der Waals surface area contributed by atoms with E-state index in [-0.39, 0.29) is 5.91 Å². The lowest BCUT2D eigenvalue weighted by atomic mass is 9.89. The van der Waals surface area contributed by atoms with E-state index in [4.69, 9.17) is 11.6 Å². The van der Waals surface area contributed by atoms with Crippen molar-refractivity contribution >= 4 is 23.6 Å². The van der Waals surface area contributed by atoms with E-state index in [2.05, 4.69) is 11.1 Å². The molecular weight excluding hydrogens is 344 g/mol. The molecule has 2 aromatic rings. The van der Waals surface area contributed by atoms with Crippen molar-refractivity contribution in [2.45, 2.75) is 39.0 Å². The van der Waals surface area contributed by atoms with Crippen LogP contribution in [0.4, 0.5) is 0 Å². The van der Waals surface area contributed by atoms with Gasteiger partial charge in [0.25, 0.3) is 0 Å². The summed E-state index contributed by atoms with van der Waals surface area (Å²) in [6.07, 6.45) is 6.37. The molecule has 0 radical (unpaired) electrons. The number of piperidine rings is 1. The summed E-state index contributed by atoms with van der Waals surface area (Å²) in [5.41, 5.74) is 3.98. The SMILES string of the molecule is CCC(=Cc1ccc(C)cn1)C(=O)N1CCC(c2ccccc2Cl)CC1. The van der Waals surface area contributed by atoms with Gasteiger partial charge in [-0.2, -0.15) is 0 Å². The Bertz CT molecular complexity index is 790. The third-order valence-electron chi connectivity index (χ3n) is 5.04. The van der Waals surface area contributed by atoms with Gasteiger partial charge in [0.05, 0.1) is 5.69 Å². The first-order chi connectivity index (χ1) is 12.6. The molecule has 2 heterocycles. The molecular formula is C22H25ClN2O. The molecule has 0 aliphatic carbocycles. The molecule has 3 nitrogen and oxygen atoms in total. The number of carbonyl (C=O) groups is 1. The smallest absolute Gasteiger partial charge is 0.249 e. The van der Waals surface area contributed by atoms with Crippen molar-refractivity contribution in [1.82, 2.24) is 9.88 Å². The van der Waals surface area contributed by atoms with Gasteiger partial charge in [0, 0.05) is 29.9 Å². The Morgan fingerprint density at radius 2 is 1.96 bits per heavy atom. The Balaban J connectivity index is 1.67. The van der Waals surface area contributed by atoms with Gasteiger partial charge in [0.2, 0.25) is 5.91 Å². The molecule has 0 unspecified atom stereocenters. The van der Waals surface area contributed by atoms with Gasteiger partial charge in [-0.05, 0) is 61.4 Å². The summed E-state index contributed by atoms with van der Waals surface area (Å²) in [5.74, 6) is 0.563. The van der Waals surface area contributed by atoms with Crippen molar-refractivity contribution in [3.05, 3.63) is 70.0 Å². The standard InChI is InChI=1S/C22H25ClN2O/c1-3-17(14-19-9-8-16(2)15-24-19)22(26)25-12-10-18(11-13-25)20-6-4-5-7-21(20)23/h4-9,14-15,18H,3,10-13H2,1-2H3. The Morgan fingerprint density at radius 3 is 2.58 bits per heavy atom. The number of aromatic nitrogens is 1. The third kappa shape index (κ3) is 4.34. The number of carbonyl (C=O) groups excluding carboxylic acids is 1. The topological polar surface area (TPSA) is 33.2 Å². The van der Waals surface area contributed by atoms with Crippen molar-refractivity contribution in [3.63, 3.8) is 0 Å². The molecule has 1 saturated heterocycles. The Morgan fingerprint density at radius 1 is 1.23 bits per heavy atom. The highest BCUT2D eigenvalue weighted by Gasteiger charge is 2.26. The average Bonchev–Trinajstić information content (AvgIpc) is 2.67. The van der Waals surface area contributed by atoms with E-state index in [1.165, 1.54) is 5.56 Å². The summed E-state index contributed by atoms with van der Waals surface area (Å²) in [6.45, 7) is 5.57. The Labute approximate surface area is 160 Å². The van der Waals surface area contributed by atoms with Crippen molar-refractivity contribution < 1.29 is 4.79 Å². The van der Waals surface area contributed by atoms with Gasteiger partial charge in [-0.1, -0.05) is 42.8 Å². The minimum Gasteiger partial charge on any atom is -0.339 e. The lowest BCUT2D eigenvalue weighted by Crippen LogP contribution is -2.38. The zero-order valence-corrected chi connectivity index (χ0v) is 16.2. The van der Waals surface area contributed by atoms with E-state index >= 15 is 0 Å². The molecule has 1 aliphatic rings. The van der Waals surface area contributed by atoms with Crippen LogP contribution >= 0.6 is 11.6 Å². The van der Waals surface area contributed by atoms with Crippen LogP contribution in [0, 0.1) is 6.92 Å². The van der Waals surface area contributed by atoms with Gasteiger partial charge < -0.3 is 4.90 Å². The zero-order valence-electron chi connectivity index (χ0n) is 15.4. The number of likely N-dealkylation sites (tertiary alicyclic amines) is 1. The quantitative estimate of drug-likeness (QED) is 0.691. The second-order valence-electron chi connectivity index (χ2n) is 6.87. The molecule has 26 heavy (non-hydrogen) atoms. The number of benzene rings is 1. The summed E-state index contributed by atoms with van der Waals surface area (Å²) in [4.78, 5) is 19.3. The molecule has 1 aliphatic heterocycles. The maximum atomic E-state index is 12.9. The highest BCUT2D eigenvalue weighted by Crippen LogP contribution is 2.33. The van der Waals surface area contributed by atoms with Gasteiger partial charge in [0.1, 0.15) is 0 Å². The van der Waals surface area contributed by atoms with Crippen molar-refractivity contribution in [3.8, 4) is 0 Å². The van der Waals surface area contributed by atoms with Gasteiger partial charge >= 0.3 is 0 Å². The average molecular weight is 369 g/mol. The van der Waals surface area contributed by atoms with Gasteiger partial charge in [-0.3, -0.25) is 9.78 Å². The first-order valence-electron chi connectivity index (χ1n) is 9.25. The molecule has 0 atom stereocenters. The number of pyridine rings is 1. The van der Waals surface area contributed by atoms with E-state index in [1.54, 1.807) is 0 Å². The van der Waals surface area contributed by atoms with Crippen LogP contribution in [0.5, 0.6) is 0 Å². The lowest BCUT2D eigenvalue weighted by Gasteiger charge is -2.33. The maximum Gasteiger partial charge on any atom is 0.249 e. The Hall–Kier alpha value is -2.13. The fourth-order valence-corrected chi connectivity index (χ4v) is 3.75. The van der Waals surface area contributed by atoms with E-state index in [0.29, 0.717) is 12.3 Å². The van der Waals surface area contributed by atoms with Crippen LogP contribution in [-0.2, 0) is 4.79 Å². The fraction of sp³-hybridized carbons (Fsp3) is 0.364. The predicted molar refractivity (Wildman–Crippen MR) is 107 cm³/mol. The van der Waals surface area contributed by atoms with Gasteiger partial charge in [-0.25, -0.2) is 0 Å². The number of halogens is 1. The maximum absolute atomic E-state index is 12.9. The molecule has 136 valence electrons. The second kappa shape index (κ2) is 8.50. The number of hydrogen-bond donors (Lipinski definition) is 0. The van der Waals surface area contributed by atoms with Crippen LogP contribution in [0.1, 0.15) is 48.9 Å². The minimum absolute atomic E-state index is 0.132. The normalized spacial score (nSPS) is 16.0. The molecule has 3 rings (SSSR count). The van der Waals surface area contributed by atoms with E-state index < -0.39 is 0 Å². The molecule has 0 N–H and O–H groups in total. The van der Waals surface area contributed by atoms with Crippen molar-refractivity contribution in [2.75, 3.05) is 13.1 Å². The van der Waals surface area contributed by atoms with Crippen LogP contribution in [0.15, 0.2) is 48.2 Å². The largest absolute Gasteiger partial charge is 0.339 e. The van der Waals surface area contributed by atoms with Gasteiger partial charge in [-0.15, -0.1) is 0 Å². The number of amides is 1. The number of hydrogen-bond acceptors (Lipinski definition) is 2. The van der Waals surface area contributed by atoms with Crippen LogP contribution in [0.2, 0.25) is 5.02 Å². The first kappa shape index (κ1) is 18.7. The zero-order chi connectivity index (χ0) is 18.5. The molecule has 0 saturated carbocycles. The number of rotatable bonds is 4. The number of nitrogens with zero attached hydrogens (tertiary/aromatic N) is 2. The summed E-state index contributed by atoms with van der Waals surface area (Å²) in [7, 11) is 0. The lowest BCUT2D eigenvalue weighted by molar-refractivity contribution is -0.128. The van der Waals surface area contributed by atoms with Crippen LogP contribution in [0.25, 0.3) is 6.08 Å². The van der Waals surface area contributed by atoms with Crippen LogP contribution < -0.4 is 0 Å². The van der Waals surface area contributed by atoms with E-state index in [9.17, 15) is 4.79 Å². The summed E-state index contributed by atoms with van der Waals surface area (Å²) < 4.78 is 0. The fourth-order valence-electron chi connectivity index (χ4n) is 3.46. The van der Waals surface area contributed by atoms with Gasteiger partial charge in [0.15, 0.2) is 0 Å². The summed E-state index contributed by atoms with van der Waals surface area (Å²) in [6, 6.07) is 12.0. The highest BCUT2D eigenvalue weighted by molar-refractivity contribution is 6.31. The van der Waals surface area contributed by atoms with Crippen molar-refractivity contribution in [2.24, 2.45) is 0 Å². The van der Waals surface area contributed by atoms with E-state index in [0.717, 1.165) is 47.8 Å².